The van der Waals surface area contributed by atoms with Gasteiger partial charge in [-0.25, -0.2) is 0 Å². The molecule has 0 aliphatic carbocycles. The fourth-order valence-electron chi connectivity index (χ4n) is 1.74. The number of ether oxygens (including phenoxy) is 1. The molecule has 0 unspecified atom stereocenters. The summed E-state index contributed by atoms with van der Waals surface area (Å²) in [6, 6.07) is 0.456. The Kier molecular flexibility index (Phi) is 4.90. The van der Waals surface area contributed by atoms with E-state index >= 15 is 0 Å². The van der Waals surface area contributed by atoms with E-state index in [4.69, 9.17) is 4.74 Å². The fraction of sp³-hybridized carbons (Fsp3) is 0.900. The van der Waals surface area contributed by atoms with Crippen LogP contribution in [0.1, 0.15) is 26.2 Å². The van der Waals surface area contributed by atoms with Gasteiger partial charge in [0.05, 0.1) is 12.6 Å². The Morgan fingerprint density at radius 2 is 2.36 bits per heavy atom. The Hall–Kier alpha value is -0.610. The first-order valence-electron chi connectivity index (χ1n) is 5.26. The van der Waals surface area contributed by atoms with Crippen molar-refractivity contribution in [2.24, 2.45) is 0 Å². The molecule has 4 heteroatoms. The Morgan fingerprint density at radius 3 is 3.00 bits per heavy atom. The Morgan fingerprint density at radius 1 is 1.57 bits per heavy atom. The predicted molar refractivity (Wildman–Crippen MR) is 55.1 cm³/mol. The molecule has 82 valence electrons. The van der Waals surface area contributed by atoms with Crippen LogP contribution in [-0.4, -0.2) is 38.3 Å². The number of piperidine rings is 1. The van der Waals surface area contributed by atoms with E-state index in [1.165, 1.54) is 6.42 Å². The van der Waals surface area contributed by atoms with Gasteiger partial charge in [0.15, 0.2) is 0 Å². The van der Waals surface area contributed by atoms with E-state index < -0.39 is 0 Å². The third-order valence-corrected chi connectivity index (χ3v) is 2.54. The first-order chi connectivity index (χ1) is 6.74. The normalized spacial score (nSPS) is 27.3. The van der Waals surface area contributed by atoms with E-state index in [1.54, 1.807) is 7.11 Å². The van der Waals surface area contributed by atoms with Crippen LogP contribution in [0.25, 0.3) is 0 Å². The molecule has 1 aliphatic rings. The summed E-state index contributed by atoms with van der Waals surface area (Å²) in [5.41, 5.74) is 0. The smallest absolute Gasteiger partial charge is 0.237 e. The standard InChI is InChI=1S/C10H20N2O2/c1-8-4-3-5-9(12-8)10(13)11-6-7-14-2/h8-9,12H,3-7H2,1-2H3,(H,11,13)/t8-,9-/m0/s1. The predicted octanol–water partition coefficient (Wildman–Crippen LogP) is 0.280. The lowest BCUT2D eigenvalue weighted by molar-refractivity contribution is -0.124. The lowest BCUT2D eigenvalue weighted by Crippen LogP contribution is -2.50. The number of nitrogens with one attached hydrogen (secondary N) is 2. The molecule has 4 nitrogen and oxygen atoms in total. The van der Waals surface area contributed by atoms with Gasteiger partial charge in [0, 0.05) is 19.7 Å². The highest BCUT2D eigenvalue weighted by Gasteiger charge is 2.23. The van der Waals surface area contributed by atoms with Crippen molar-refractivity contribution in [3.63, 3.8) is 0 Å². The lowest BCUT2D eigenvalue weighted by atomic mass is 9.99. The van der Waals surface area contributed by atoms with Crippen LogP contribution in [0.5, 0.6) is 0 Å². The topological polar surface area (TPSA) is 50.4 Å². The van der Waals surface area contributed by atoms with Crippen LogP contribution in [0, 0.1) is 0 Å². The second-order valence-corrected chi connectivity index (χ2v) is 3.84. The summed E-state index contributed by atoms with van der Waals surface area (Å²) in [6.45, 7) is 3.30. The van der Waals surface area contributed by atoms with E-state index in [0.29, 0.717) is 19.2 Å². The zero-order valence-corrected chi connectivity index (χ0v) is 9.01. The molecule has 1 fully saturated rings. The molecule has 1 rings (SSSR count). The molecule has 14 heavy (non-hydrogen) atoms. The molecule has 1 heterocycles. The number of hydrogen-bond donors (Lipinski definition) is 2. The quantitative estimate of drug-likeness (QED) is 0.641. The zero-order chi connectivity index (χ0) is 10.4. The van der Waals surface area contributed by atoms with Crippen molar-refractivity contribution in [3.8, 4) is 0 Å². The Balaban J connectivity index is 2.22. The van der Waals surface area contributed by atoms with Crippen molar-refractivity contribution in [2.45, 2.75) is 38.3 Å². The molecule has 0 saturated carbocycles. The van der Waals surface area contributed by atoms with Crippen LogP contribution in [0.4, 0.5) is 0 Å². The zero-order valence-electron chi connectivity index (χ0n) is 9.01. The highest BCUT2D eigenvalue weighted by atomic mass is 16.5. The van der Waals surface area contributed by atoms with Crippen molar-refractivity contribution < 1.29 is 9.53 Å². The third kappa shape index (κ3) is 3.64. The summed E-state index contributed by atoms with van der Waals surface area (Å²) in [5.74, 6) is 0.105. The maximum Gasteiger partial charge on any atom is 0.237 e. The van der Waals surface area contributed by atoms with E-state index in [1.807, 2.05) is 0 Å². The SMILES string of the molecule is COCCNC(=O)[C@@H]1CCC[C@H](C)N1. The Bertz CT molecular complexity index is 185. The molecule has 1 saturated heterocycles. The summed E-state index contributed by atoms with van der Waals surface area (Å²) < 4.78 is 4.87. The van der Waals surface area contributed by atoms with Crippen LogP contribution < -0.4 is 10.6 Å². The monoisotopic (exact) mass is 200 g/mol. The second-order valence-electron chi connectivity index (χ2n) is 3.84. The highest BCUT2D eigenvalue weighted by Crippen LogP contribution is 2.11. The lowest BCUT2D eigenvalue weighted by Gasteiger charge is -2.27. The van der Waals surface area contributed by atoms with Gasteiger partial charge in [0.25, 0.3) is 0 Å². The van der Waals surface area contributed by atoms with Gasteiger partial charge in [-0.3, -0.25) is 4.79 Å². The van der Waals surface area contributed by atoms with Gasteiger partial charge < -0.3 is 15.4 Å². The fourth-order valence-corrected chi connectivity index (χ4v) is 1.74. The molecule has 1 aliphatic heterocycles. The van der Waals surface area contributed by atoms with Crippen molar-refractivity contribution in [3.05, 3.63) is 0 Å². The molecule has 0 radical (unpaired) electrons. The second kappa shape index (κ2) is 5.98. The molecule has 2 atom stereocenters. The first kappa shape index (κ1) is 11.5. The van der Waals surface area contributed by atoms with Crippen LogP contribution in [0.2, 0.25) is 0 Å². The number of amides is 1. The van der Waals surface area contributed by atoms with Crippen molar-refractivity contribution >= 4 is 5.91 Å². The van der Waals surface area contributed by atoms with E-state index in [9.17, 15) is 4.79 Å². The van der Waals surface area contributed by atoms with Crippen LogP contribution in [0.3, 0.4) is 0 Å². The number of hydrogen-bond acceptors (Lipinski definition) is 3. The molecular formula is C10H20N2O2. The number of methoxy groups -OCH3 is 1. The highest BCUT2D eigenvalue weighted by molar-refractivity contribution is 5.81. The molecule has 0 spiro atoms. The van der Waals surface area contributed by atoms with Crippen LogP contribution >= 0.6 is 0 Å². The van der Waals surface area contributed by atoms with Gasteiger partial charge >= 0.3 is 0 Å². The van der Waals surface area contributed by atoms with E-state index in [0.717, 1.165) is 12.8 Å². The van der Waals surface area contributed by atoms with E-state index in [-0.39, 0.29) is 11.9 Å². The van der Waals surface area contributed by atoms with Gasteiger partial charge in [-0.15, -0.1) is 0 Å². The summed E-state index contributed by atoms with van der Waals surface area (Å²) in [7, 11) is 1.63. The van der Waals surface area contributed by atoms with Crippen molar-refractivity contribution in [1.29, 1.82) is 0 Å². The minimum absolute atomic E-state index is 0.00407. The summed E-state index contributed by atoms with van der Waals surface area (Å²) >= 11 is 0. The van der Waals surface area contributed by atoms with Gasteiger partial charge in [0.2, 0.25) is 5.91 Å². The van der Waals surface area contributed by atoms with Gasteiger partial charge in [-0.05, 0) is 26.2 Å². The molecule has 1 amide bonds. The van der Waals surface area contributed by atoms with Gasteiger partial charge in [-0.1, -0.05) is 0 Å². The summed E-state index contributed by atoms with van der Waals surface area (Å²) in [6.07, 6.45) is 3.25. The van der Waals surface area contributed by atoms with Crippen LogP contribution in [-0.2, 0) is 9.53 Å². The van der Waals surface area contributed by atoms with E-state index in [2.05, 4.69) is 17.6 Å². The molecule has 2 N–H and O–H groups in total. The third-order valence-electron chi connectivity index (χ3n) is 2.54. The van der Waals surface area contributed by atoms with Gasteiger partial charge in [-0.2, -0.15) is 0 Å². The average Bonchev–Trinajstić information content (AvgIpc) is 2.18. The number of carbonyl (C=O) groups is 1. The first-order valence-corrected chi connectivity index (χ1v) is 5.26. The summed E-state index contributed by atoms with van der Waals surface area (Å²) in [5, 5.41) is 6.14. The number of carbonyl (C=O) groups excluding carboxylic acids is 1. The number of rotatable bonds is 4. The molecule has 0 aromatic carbocycles. The molecule has 0 aromatic heterocycles. The Labute approximate surface area is 85.4 Å². The van der Waals surface area contributed by atoms with Gasteiger partial charge in [0.1, 0.15) is 0 Å². The maximum absolute atomic E-state index is 11.6. The van der Waals surface area contributed by atoms with Crippen molar-refractivity contribution in [1.82, 2.24) is 10.6 Å². The summed E-state index contributed by atoms with van der Waals surface area (Å²) in [4.78, 5) is 11.6. The molecular weight excluding hydrogens is 180 g/mol. The molecule has 0 bridgehead atoms. The van der Waals surface area contributed by atoms with Crippen molar-refractivity contribution in [2.75, 3.05) is 20.3 Å². The average molecular weight is 200 g/mol. The van der Waals surface area contributed by atoms with Crippen LogP contribution in [0.15, 0.2) is 0 Å². The minimum atomic E-state index is -0.00407. The minimum Gasteiger partial charge on any atom is -0.383 e. The largest absolute Gasteiger partial charge is 0.383 e. The molecule has 0 aromatic rings. The maximum atomic E-state index is 11.6.